The molecule has 7 heteroatoms. The van der Waals surface area contributed by atoms with Crippen LogP contribution in [0.25, 0.3) is 0 Å². The molecule has 0 amide bonds. The Kier molecular flexibility index (Phi) is 4.46. The summed E-state index contributed by atoms with van der Waals surface area (Å²) in [6.45, 7) is -0.480. The van der Waals surface area contributed by atoms with E-state index in [1.165, 1.54) is 17.8 Å². The smallest absolute Gasteiger partial charge is 0.387 e. The van der Waals surface area contributed by atoms with E-state index in [-0.39, 0.29) is 17.0 Å². The van der Waals surface area contributed by atoms with Crippen LogP contribution >= 0.6 is 11.8 Å². The molecule has 19 heavy (non-hydrogen) atoms. The molecule has 1 aromatic rings. The van der Waals surface area contributed by atoms with Gasteiger partial charge in [0.15, 0.2) is 11.6 Å². The van der Waals surface area contributed by atoms with Gasteiger partial charge in [-0.1, -0.05) is 0 Å². The van der Waals surface area contributed by atoms with Gasteiger partial charge < -0.3 is 15.2 Å². The summed E-state index contributed by atoms with van der Waals surface area (Å²) in [5, 5.41) is 0.173. The minimum atomic E-state index is -3.07. The maximum absolute atomic E-state index is 13.4. The lowest BCUT2D eigenvalue weighted by molar-refractivity contribution is -0.0523. The quantitative estimate of drug-likeness (QED) is 0.865. The fraction of sp³-hybridized carbons (Fsp3) is 0.500. The van der Waals surface area contributed by atoms with Gasteiger partial charge in [0.05, 0.1) is 6.10 Å². The van der Waals surface area contributed by atoms with Crippen molar-refractivity contribution in [3.63, 3.8) is 0 Å². The molecule has 2 rings (SSSR count). The predicted octanol–water partition coefficient (Wildman–Crippen LogP) is 3.28. The first-order chi connectivity index (χ1) is 8.97. The normalized spacial score (nSPS) is 23.0. The highest BCUT2D eigenvalue weighted by Crippen LogP contribution is 2.38. The molecule has 3 nitrogen and oxygen atoms in total. The van der Waals surface area contributed by atoms with Crippen LogP contribution in [0.5, 0.6) is 5.75 Å². The highest BCUT2D eigenvalue weighted by molar-refractivity contribution is 8.00. The monoisotopic (exact) mass is 293 g/mol. The van der Waals surface area contributed by atoms with Crippen molar-refractivity contribution < 1.29 is 22.6 Å². The SMILES string of the molecule is CC1OCCC1Sc1cc(OC(F)F)c(F)cc1N. The predicted molar refractivity (Wildman–Crippen MR) is 67.1 cm³/mol. The van der Waals surface area contributed by atoms with Crippen LogP contribution in [-0.2, 0) is 4.74 Å². The topological polar surface area (TPSA) is 44.5 Å². The average Bonchev–Trinajstić information content (AvgIpc) is 2.70. The fourth-order valence-corrected chi connectivity index (χ4v) is 3.05. The van der Waals surface area contributed by atoms with Crippen molar-refractivity contribution >= 4 is 17.4 Å². The average molecular weight is 293 g/mol. The van der Waals surface area contributed by atoms with E-state index >= 15 is 0 Å². The lowest BCUT2D eigenvalue weighted by Crippen LogP contribution is -2.13. The van der Waals surface area contributed by atoms with Crippen LogP contribution in [-0.4, -0.2) is 24.6 Å². The molecule has 1 saturated heterocycles. The fourth-order valence-electron chi connectivity index (χ4n) is 1.87. The number of thioether (sulfide) groups is 1. The van der Waals surface area contributed by atoms with Crippen LogP contribution in [0.4, 0.5) is 18.9 Å². The molecule has 0 spiro atoms. The highest BCUT2D eigenvalue weighted by atomic mass is 32.2. The maximum atomic E-state index is 13.4. The Balaban J connectivity index is 2.19. The molecule has 1 heterocycles. The third-order valence-electron chi connectivity index (χ3n) is 2.87. The number of nitrogen functional groups attached to an aromatic ring is 1. The van der Waals surface area contributed by atoms with Gasteiger partial charge in [-0.2, -0.15) is 8.78 Å². The zero-order valence-electron chi connectivity index (χ0n) is 10.2. The van der Waals surface area contributed by atoms with Gasteiger partial charge in [0, 0.05) is 28.5 Å². The first kappa shape index (κ1) is 14.3. The number of alkyl halides is 2. The molecule has 2 unspecified atom stereocenters. The minimum absolute atomic E-state index is 0.0499. The van der Waals surface area contributed by atoms with E-state index in [4.69, 9.17) is 10.5 Å². The third kappa shape index (κ3) is 3.48. The lowest BCUT2D eigenvalue weighted by atomic mass is 10.2. The summed E-state index contributed by atoms with van der Waals surface area (Å²) in [6, 6.07) is 2.22. The van der Waals surface area contributed by atoms with Gasteiger partial charge in [-0.05, 0) is 19.4 Å². The highest BCUT2D eigenvalue weighted by Gasteiger charge is 2.26. The molecule has 106 valence electrons. The molecule has 0 aromatic heterocycles. The molecule has 0 saturated carbocycles. The number of anilines is 1. The number of nitrogens with two attached hydrogens (primary N) is 1. The molecular formula is C12H14F3NO2S. The van der Waals surface area contributed by atoms with Gasteiger partial charge in [0.25, 0.3) is 0 Å². The van der Waals surface area contributed by atoms with Crippen LogP contribution in [0.2, 0.25) is 0 Å². The number of benzene rings is 1. The van der Waals surface area contributed by atoms with Crippen molar-refractivity contribution in [1.29, 1.82) is 0 Å². The van der Waals surface area contributed by atoms with Crippen LogP contribution in [0, 0.1) is 5.82 Å². The summed E-state index contributed by atoms with van der Waals surface area (Å²) in [5.74, 6) is -1.38. The van der Waals surface area contributed by atoms with E-state index in [0.29, 0.717) is 11.5 Å². The number of rotatable bonds is 4. The molecule has 1 aliphatic heterocycles. The van der Waals surface area contributed by atoms with E-state index in [1.54, 1.807) is 0 Å². The molecule has 2 atom stereocenters. The molecule has 2 N–H and O–H groups in total. The Bertz CT molecular complexity index is 459. The van der Waals surface area contributed by atoms with E-state index in [0.717, 1.165) is 12.5 Å². The second-order valence-corrected chi connectivity index (χ2v) is 5.50. The number of hydrogen-bond acceptors (Lipinski definition) is 4. The van der Waals surface area contributed by atoms with E-state index in [1.807, 2.05) is 6.92 Å². The number of hydrogen-bond donors (Lipinski definition) is 1. The van der Waals surface area contributed by atoms with Crippen LogP contribution in [0.3, 0.4) is 0 Å². The van der Waals surface area contributed by atoms with Gasteiger partial charge in [0.2, 0.25) is 0 Å². The first-order valence-electron chi connectivity index (χ1n) is 5.79. The molecule has 1 aliphatic rings. The summed E-state index contributed by atoms with van der Waals surface area (Å²) >= 11 is 1.39. The van der Waals surface area contributed by atoms with Crippen molar-refractivity contribution in [1.82, 2.24) is 0 Å². The Labute approximate surface area is 113 Å². The largest absolute Gasteiger partial charge is 0.432 e. The molecule has 0 radical (unpaired) electrons. The summed E-state index contributed by atoms with van der Waals surface area (Å²) in [5.41, 5.74) is 5.91. The van der Waals surface area contributed by atoms with Crippen LogP contribution in [0.1, 0.15) is 13.3 Å². The van der Waals surface area contributed by atoms with Gasteiger partial charge in [-0.3, -0.25) is 0 Å². The second-order valence-electron chi connectivity index (χ2n) is 4.22. The van der Waals surface area contributed by atoms with E-state index in [2.05, 4.69) is 4.74 Å². The summed E-state index contributed by atoms with van der Waals surface area (Å²) < 4.78 is 47.2. The maximum Gasteiger partial charge on any atom is 0.387 e. The summed E-state index contributed by atoms with van der Waals surface area (Å²) in [4.78, 5) is 0.527. The van der Waals surface area contributed by atoms with Gasteiger partial charge in [-0.15, -0.1) is 11.8 Å². The standard InChI is InChI=1S/C12H14F3NO2S/c1-6-10(2-3-17-6)19-11-5-9(18-12(14)15)7(13)4-8(11)16/h4-6,10,12H,2-3,16H2,1H3. The van der Waals surface area contributed by atoms with Crippen molar-refractivity contribution in [2.75, 3.05) is 12.3 Å². The lowest BCUT2D eigenvalue weighted by Gasteiger charge is -2.16. The molecule has 1 fully saturated rings. The summed E-state index contributed by atoms with van der Waals surface area (Å²) in [7, 11) is 0. The van der Waals surface area contributed by atoms with Gasteiger partial charge in [-0.25, -0.2) is 4.39 Å². The first-order valence-corrected chi connectivity index (χ1v) is 6.67. The Morgan fingerprint density at radius 3 is 2.79 bits per heavy atom. The van der Waals surface area contributed by atoms with Crippen molar-refractivity contribution in [3.8, 4) is 5.75 Å². The molecular weight excluding hydrogens is 279 g/mol. The van der Waals surface area contributed by atoms with Crippen molar-refractivity contribution in [2.24, 2.45) is 0 Å². The Morgan fingerprint density at radius 2 is 2.21 bits per heavy atom. The van der Waals surface area contributed by atoms with E-state index < -0.39 is 18.2 Å². The third-order valence-corrected chi connectivity index (χ3v) is 4.39. The molecule has 0 bridgehead atoms. The zero-order chi connectivity index (χ0) is 14.0. The van der Waals surface area contributed by atoms with Crippen molar-refractivity contribution in [2.45, 2.75) is 36.2 Å². The zero-order valence-corrected chi connectivity index (χ0v) is 11.1. The number of halogens is 3. The van der Waals surface area contributed by atoms with Crippen LogP contribution < -0.4 is 10.5 Å². The Morgan fingerprint density at radius 1 is 1.47 bits per heavy atom. The second kappa shape index (κ2) is 5.92. The molecule has 0 aliphatic carbocycles. The number of ether oxygens (including phenoxy) is 2. The summed E-state index contributed by atoms with van der Waals surface area (Å²) in [6.07, 6.45) is 0.891. The van der Waals surface area contributed by atoms with Gasteiger partial charge in [0.1, 0.15) is 0 Å². The van der Waals surface area contributed by atoms with Crippen LogP contribution in [0.15, 0.2) is 17.0 Å². The van der Waals surface area contributed by atoms with Gasteiger partial charge >= 0.3 is 6.61 Å². The van der Waals surface area contributed by atoms with E-state index in [9.17, 15) is 13.2 Å². The molecule has 1 aromatic carbocycles. The van der Waals surface area contributed by atoms with Crippen molar-refractivity contribution in [3.05, 3.63) is 17.9 Å². The minimum Gasteiger partial charge on any atom is -0.432 e. The Hall–Kier alpha value is -1.08.